The predicted molar refractivity (Wildman–Crippen MR) is 309 cm³/mol. The first-order valence-corrected chi connectivity index (χ1v) is 25.4. The highest BCUT2D eigenvalue weighted by molar-refractivity contribution is 6.21. The Morgan fingerprint density at radius 1 is 0.192 bits per heavy atom. The molecule has 0 aromatic heterocycles. The Hall–Kier alpha value is -9.36. The van der Waals surface area contributed by atoms with Gasteiger partial charge in [-0.3, -0.25) is 0 Å². The third-order valence-electron chi connectivity index (χ3n) is 15.5. The molecule has 0 saturated carbocycles. The van der Waals surface area contributed by atoms with Crippen molar-refractivity contribution in [2.75, 3.05) is 0 Å². The average molecular weight is 925 g/mol. The van der Waals surface area contributed by atoms with Crippen LogP contribution in [0.4, 0.5) is 0 Å². The summed E-state index contributed by atoms with van der Waals surface area (Å²) in [6.45, 7) is 0. The Morgan fingerprint density at radius 3 is 1.22 bits per heavy atom. The number of benzene rings is 13. The molecule has 13 aromatic carbocycles. The molecule has 1 aliphatic rings. The summed E-state index contributed by atoms with van der Waals surface area (Å²) in [5, 5.41) is 7.42. The average Bonchev–Trinajstić information content (AvgIpc) is 3.78. The largest absolute Gasteiger partial charge is 0.0714 e. The normalized spacial score (nSPS) is 13.8. The molecule has 1 unspecified atom stereocenters. The summed E-state index contributed by atoms with van der Waals surface area (Å²) in [7, 11) is 0. The Kier molecular flexibility index (Phi) is 10.2. The number of hydrogen-bond donors (Lipinski definition) is 0. The second-order valence-electron chi connectivity index (χ2n) is 19.5. The van der Waals surface area contributed by atoms with E-state index in [1.807, 2.05) is 0 Å². The van der Waals surface area contributed by atoms with Crippen LogP contribution in [0, 0.1) is 0 Å². The van der Waals surface area contributed by atoms with Crippen LogP contribution in [0.3, 0.4) is 0 Å². The highest BCUT2D eigenvalue weighted by atomic mass is 14.5. The molecule has 73 heavy (non-hydrogen) atoms. The molecule has 0 spiro atoms. The van der Waals surface area contributed by atoms with E-state index in [-0.39, 0.29) is 0 Å². The summed E-state index contributed by atoms with van der Waals surface area (Å²) in [5.74, 6) is 0. The molecule has 1 atom stereocenters. The van der Waals surface area contributed by atoms with Crippen molar-refractivity contribution in [2.24, 2.45) is 0 Å². The fourth-order valence-corrected chi connectivity index (χ4v) is 12.2. The molecule has 0 heterocycles. The Bertz CT molecular complexity index is 4110. The zero-order valence-electron chi connectivity index (χ0n) is 40.2. The summed E-state index contributed by atoms with van der Waals surface area (Å²) in [5.41, 5.74) is 21.6. The standard InChI is InChI=1S/C73H48/c1-4-19-49(20-5-1)56-27-18-28-61(46-56)73(62-41-39-52-25-10-11-26-55(52)47-62)69-34-17-16-29-63(69)64-42-40-57(48-70(64)73)72-67-32-14-12-30-65(67)71(66-31-13-15-33-68(66)72)54-37-35-53(36-38-54)60-44-58(50-21-6-2-7-22-50)43-59(45-60)51-23-8-3-9-24-51/h1-48H. The van der Waals surface area contributed by atoms with E-state index in [1.54, 1.807) is 0 Å². The van der Waals surface area contributed by atoms with Gasteiger partial charge in [0.05, 0.1) is 5.41 Å². The molecule has 0 heteroatoms. The molecule has 0 bridgehead atoms. The second-order valence-corrected chi connectivity index (χ2v) is 19.5. The Labute approximate surface area is 426 Å². The summed E-state index contributed by atoms with van der Waals surface area (Å²) in [6.07, 6.45) is 0. The van der Waals surface area contributed by atoms with E-state index in [1.165, 1.54) is 132 Å². The summed E-state index contributed by atoms with van der Waals surface area (Å²) in [6, 6.07) is 108. The van der Waals surface area contributed by atoms with Crippen molar-refractivity contribution in [3.05, 3.63) is 313 Å². The zero-order chi connectivity index (χ0) is 48.3. The molecule has 14 rings (SSSR count). The van der Waals surface area contributed by atoms with Crippen LogP contribution in [0.25, 0.3) is 110 Å². The van der Waals surface area contributed by atoms with Gasteiger partial charge in [-0.2, -0.15) is 0 Å². The quantitative estimate of drug-likeness (QED) is 0.133. The fraction of sp³-hybridized carbons (Fsp3) is 0.0137. The van der Waals surface area contributed by atoms with Gasteiger partial charge in [-0.25, -0.2) is 0 Å². The second kappa shape index (κ2) is 17.5. The minimum atomic E-state index is -0.605. The molecule has 0 aliphatic heterocycles. The van der Waals surface area contributed by atoms with Crippen LogP contribution in [0.1, 0.15) is 22.3 Å². The Balaban J connectivity index is 0.961. The van der Waals surface area contributed by atoms with Crippen LogP contribution in [0.15, 0.2) is 291 Å². The zero-order valence-corrected chi connectivity index (χ0v) is 40.2. The first kappa shape index (κ1) is 42.5. The van der Waals surface area contributed by atoms with Crippen molar-refractivity contribution >= 4 is 32.3 Å². The lowest BCUT2D eigenvalue weighted by Gasteiger charge is -2.35. The van der Waals surface area contributed by atoms with Gasteiger partial charge >= 0.3 is 0 Å². The molecule has 0 fully saturated rings. The lowest BCUT2D eigenvalue weighted by Crippen LogP contribution is -2.28. The Morgan fingerprint density at radius 2 is 0.616 bits per heavy atom. The lowest BCUT2D eigenvalue weighted by molar-refractivity contribution is 0.770. The molecule has 340 valence electrons. The highest BCUT2D eigenvalue weighted by Gasteiger charge is 2.46. The minimum absolute atomic E-state index is 0.605. The minimum Gasteiger partial charge on any atom is -0.0622 e. The molecular formula is C73H48. The van der Waals surface area contributed by atoms with Gasteiger partial charge in [0, 0.05) is 0 Å². The van der Waals surface area contributed by atoms with Crippen LogP contribution >= 0.6 is 0 Å². The monoisotopic (exact) mass is 924 g/mol. The maximum absolute atomic E-state index is 2.54. The lowest BCUT2D eigenvalue weighted by atomic mass is 9.66. The molecule has 0 saturated heterocycles. The maximum Gasteiger partial charge on any atom is 0.0714 e. The molecule has 0 amide bonds. The van der Waals surface area contributed by atoms with Gasteiger partial charge in [0.15, 0.2) is 0 Å². The van der Waals surface area contributed by atoms with Crippen molar-refractivity contribution in [2.45, 2.75) is 5.41 Å². The number of rotatable bonds is 8. The third-order valence-corrected chi connectivity index (χ3v) is 15.5. The van der Waals surface area contributed by atoms with Crippen LogP contribution in [-0.4, -0.2) is 0 Å². The van der Waals surface area contributed by atoms with E-state index in [4.69, 9.17) is 0 Å². The van der Waals surface area contributed by atoms with Gasteiger partial charge < -0.3 is 0 Å². The van der Waals surface area contributed by atoms with Crippen LogP contribution in [-0.2, 0) is 5.41 Å². The number of fused-ring (bicyclic) bond motifs is 6. The highest BCUT2D eigenvalue weighted by Crippen LogP contribution is 2.58. The first-order valence-electron chi connectivity index (χ1n) is 25.4. The SMILES string of the molecule is c1ccc(-c2cc(-c3ccccc3)cc(-c3ccc(-c4c5ccccc5c(-c5ccc6c(c5)C(c5cccc(-c7ccccc7)c5)(c5ccc7ccccc7c5)c5ccccc5-6)c5ccccc45)cc3)c2)cc1. The van der Waals surface area contributed by atoms with Crippen LogP contribution in [0.5, 0.6) is 0 Å². The summed E-state index contributed by atoms with van der Waals surface area (Å²) in [4.78, 5) is 0. The van der Waals surface area contributed by atoms with E-state index in [2.05, 4.69) is 291 Å². The fourth-order valence-electron chi connectivity index (χ4n) is 12.2. The molecular weight excluding hydrogens is 877 g/mol. The van der Waals surface area contributed by atoms with E-state index in [0.717, 1.165) is 0 Å². The maximum atomic E-state index is 2.54. The topological polar surface area (TPSA) is 0 Å². The van der Waals surface area contributed by atoms with Gasteiger partial charge in [-0.05, 0) is 169 Å². The molecule has 0 radical (unpaired) electrons. The van der Waals surface area contributed by atoms with Crippen molar-refractivity contribution in [1.82, 2.24) is 0 Å². The van der Waals surface area contributed by atoms with E-state index in [9.17, 15) is 0 Å². The molecule has 0 N–H and O–H groups in total. The van der Waals surface area contributed by atoms with Crippen LogP contribution in [0.2, 0.25) is 0 Å². The van der Waals surface area contributed by atoms with Crippen molar-refractivity contribution < 1.29 is 0 Å². The van der Waals surface area contributed by atoms with E-state index < -0.39 is 5.41 Å². The van der Waals surface area contributed by atoms with Crippen LogP contribution < -0.4 is 0 Å². The van der Waals surface area contributed by atoms with Gasteiger partial charge in [-0.15, -0.1) is 0 Å². The molecule has 13 aromatic rings. The van der Waals surface area contributed by atoms with Crippen molar-refractivity contribution in [1.29, 1.82) is 0 Å². The van der Waals surface area contributed by atoms with Crippen molar-refractivity contribution in [3.8, 4) is 77.9 Å². The number of hydrogen-bond acceptors (Lipinski definition) is 0. The van der Waals surface area contributed by atoms with Crippen molar-refractivity contribution in [3.63, 3.8) is 0 Å². The third kappa shape index (κ3) is 7.06. The van der Waals surface area contributed by atoms with Gasteiger partial charge in [-0.1, -0.05) is 255 Å². The predicted octanol–water partition coefficient (Wildman–Crippen LogP) is 19.5. The smallest absolute Gasteiger partial charge is 0.0622 e. The molecule has 1 aliphatic carbocycles. The summed E-state index contributed by atoms with van der Waals surface area (Å²) >= 11 is 0. The summed E-state index contributed by atoms with van der Waals surface area (Å²) < 4.78 is 0. The van der Waals surface area contributed by atoms with E-state index >= 15 is 0 Å². The van der Waals surface area contributed by atoms with Gasteiger partial charge in [0.2, 0.25) is 0 Å². The first-order chi connectivity index (χ1) is 36.2. The van der Waals surface area contributed by atoms with Gasteiger partial charge in [0.1, 0.15) is 0 Å². The van der Waals surface area contributed by atoms with E-state index in [0.29, 0.717) is 0 Å². The molecule has 0 nitrogen and oxygen atoms in total. The van der Waals surface area contributed by atoms with Gasteiger partial charge in [0.25, 0.3) is 0 Å².